The molecular weight excluding hydrogens is 294 g/mol. The van der Waals surface area contributed by atoms with Crippen molar-refractivity contribution in [2.45, 2.75) is 0 Å². The predicted octanol–water partition coefficient (Wildman–Crippen LogP) is 2.90. The third kappa shape index (κ3) is 3.06. The molecule has 2 aromatic carbocycles. The largest absolute Gasteiger partial charge is 0.493 e. The minimum atomic E-state index is -0.338. The number of para-hydroxylation sites is 2. The van der Waals surface area contributed by atoms with Crippen LogP contribution in [0.3, 0.4) is 0 Å². The van der Waals surface area contributed by atoms with Crippen LogP contribution >= 0.6 is 0 Å². The average Bonchev–Trinajstić information content (AvgIpc) is 2.61. The predicted molar refractivity (Wildman–Crippen MR) is 87.0 cm³/mol. The van der Waals surface area contributed by atoms with Gasteiger partial charge in [0.25, 0.3) is 5.91 Å². The van der Waals surface area contributed by atoms with Gasteiger partial charge in [0.1, 0.15) is 5.69 Å². The first-order valence-corrected chi connectivity index (χ1v) is 6.96. The van der Waals surface area contributed by atoms with E-state index < -0.39 is 0 Å². The molecule has 0 atom stereocenters. The van der Waals surface area contributed by atoms with E-state index >= 15 is 0 Å². The standard InChI is InChI=1S/C17H15N3O3/c1-22-15-8-7-11(9-16(15)23-2)19-17(21)14-10-18-12-5-3-4-6-13(12)20-14/h3-10H,1-2H3,(H,19,21). The summed E-state index contributed by atoms with van der Waals surface area (Å²) in [6, 6.07) is 12.5. The minimum Gasteiger partial charge on any atom is -0.493 e. The SMILES string of the molecule is COc1ccc(NC(=O)c2cnc3ccccc3n2)cc1OC. The van der Waals surface area contributed by atoms with Crippen molar-refractivity contribution in [1.29, 1.82) is 0 Å². The quantitative estimate of drug-likeness (QED) is 0.802. The van der Waals surface area contributed by atoms with Gasteiger partial charge in [-0.2, -0.15) is 0 Å². The van der Waals surface area contributed by atoms with Crippen LogP contribution in [0.5, 0.6) is 11.5 Å². The normalized spacial score (nSPS) is 10.3. The van der Waals surface area contributed by atoms with E-state index in [4.69, 9.17) is 9.47 Å². The molecule has 1 N–H and O–H groups in total. The van der Waals surface area contributed by atoms with Gasteiger partial charge in [0, 0.05) is 11.8 Å². The maximum Gasteiger partial charge on any atom is 0.275 e. The lowest BCUT2D eigenvalue weighted by atomic mass is 10.2. The molecule has 0 aliphatic heterocycles. The zero-order valence-corrected chi connectivity index (χ0v) is 12.7. The van der Waals surface area contributed by atoms with Crippen molar-refractivity contribution in [1.82, 2.24) is 9.97 Å². The van der Waals surface area contributed by atoms with Crippen LogP contribution in [0.2, 0.25) is 0 Å². The molecule has 0 fully saturated rings. The van der Waals surface area contributed by atoms with E-state index in [1.54, 1.807) is 25.3 Å². The average molecular weight is 309 g/mol. The monoisotopic (exact) mass is 309 g/mol. The van der Waals surface area contributed by atoms with Crippen LogP contribution in [0.1, 0.15) is 10.5 Å². The molecule has 116 valence electrons. The minimum absolute atomic E-state index is 0.249. The molecule has 3 aromatic rings. The highest BCUT2D eigenvalue weighted by Gasteiger charge is 2.11. The Balaban J connectivity index is 1.85. The number of benzene rings is 2. The molecule has 0 aliphatic carbocycles. The molecule has 0 saturated carbocycles. The Labute approximate surface area is 133 Å². The van der Waals surface area contributed by atoms with Crippen molar-refractivity contribution < 1.29 is 14.3 Å². The van der Waals surface area contributed by atoms with Gasteiger partial charge in [0.15, 0.2) is 11.5 Å². The van der Waals surface area contributed by atoms with E-state index in [0.717, 1.165) is 5.52 Å². The number of anilines is 1. The zero-order valence-electron chi connectivity index (χ0n) is 12.7. The van der Waals surface area contributed by atoms with Crippen LogP contribution in [0.25, 0.3) is 11.0 Å². The lowest BCUT2D eigenvalue weighted by Gasteiger charge is -2.10. The fraction of sp³-hybridized carbons (Fsp3) is 0.118. The molecule has 1 amide bonds. The van der Waals surface area contributed by atoms with Gasteiger partial charge in [0.05, 0.1) is 31.4 Å². The molecule has 6 heteroatoms. The Morgan fingerprint density at radius 2 is 1.74 bits per heavy atom. The second-order valence-corrected chi connectivity index (χ2v) is 4.77. The number of fused-ring (bicyclic) bond motifs is 1. The van der Waals surface area contributed by atoms with Crippen molar-refractivity contribution in [2.24, 2.45) is 0 Å². The topological polar surface area (TPSA) is 73.3 Å². The van der Waals surface area contributed by atoms with Crippen LogP contribution < -0.4 is 14.8 Å². The summed E-state index contributed by atoms with van der Waals surface area (Å²) < 4.78 is 10.4. The number of amides is 1. The van der Waals surface area contributed by atoms with Gasteiger partial charge in [-0.05, 0) is 24.3 Å². The lowest BCUT2D eigenvalue weighted by molar-refractivity contribution is 0.102. The molecule has 3 rings (SSSR count). The van der Waals surface area contributed by atoms with Crippen LogP contribution in [0.4, 0.5) is 5.69 Å². The van der Waals surface area contributed by atoms with E-state index in [1.807, 2.05) is 24.3 Å². The Hall–Kier alpha value is -3.15. The van der Waals surface area contributed by atoms with Gasteiger partial charge in [-0.3, -0.25) is 9.78 Å². The van der Waals surface area contributed by atoms with Crippen molar-refractivity contribution in [3.05, 3.63) is 54.4 Å². The van der Waals surface area contributed by atoms with Gasteiger partial charge in [-0.25, -0.2) is 4.98 Å². The number of methoxy groups -OCH3 is 2. The molecule has 0 radical (unpaired) electrons. The number of rotatable bonds is 4. The number of nitrogens with zero attached hydrogens (tertiary/aromatic N) is 2. The molecule has 0 spiro atoms. The fourth-order valence-electron chi connectivity index (χ4n) is 2.18. The van der Waals surface area contributed by atoms with Crippen molar-refractivity contribution in [2.75, 3.05) is 19.5 Å². The highest BCUT2D eigenvalue weighted by atomic mass is 16.5. The van der Waals surface area contributed by atoms with Gasteiger partial charge >= 0.3 is 0 Å². The summed E-state index contributed by atoms with van der Waals surface area (Å²) in [5.74, 6) is 0.793. The number of ether oxygens (including phenoxy) is 2. The Morgan fingerprint density at radius 1 is 1.00 bits per heavy atom. The van der Waals surface area contributed by atoms with E-state index in [2.05, 4.69) is 15.3 Å². The van der Waals surface area contributed by atoms with Crippen molar-refractivity contribution in [3.63, 3.8) is 0 Å². The maximum absolute atomic E-state index is 12.3. The van der Waals surface area contributed by atoms with Gasteiger partial charge in [-0.1, -0.05) is 12.1 Å². The number of hydrogen-bond donors (Lipinski definition) is 1. The second kappa shape index (κ2) is 6.31. The molecule has 1 aromatic heterocycles. The number of aromatic nitrogens is 2. The van der Waals surface area contributed by atoms with E-state index in [0.29, 0.717) is 22.7 Å². The molecule has 0 saturated heterocycles. The highest BCUT2D eigenvalue weighted by molar-refractivity contribution is 6.03. The van der Waals surface area contributed by atoms with Crippen LogP contribution in [0.15, 0.2) is 48.7 Å². The number of nitrogens with one attached hydrogen (secondary N) is 1. The summed E-state index contributed by atoms with van der Waals surface area (Å²) in [5, 5.41) is 2.77. The van der Waals surface area contributed by atoms with Gasteiger partial charge in [0.2, 0.25) is 0 Å². The van der Waals surface area contributed by atoms with Crippen molar-refractivity contribution >= 4 is 22.6 Å². The molecular formula is C17H15N3O3. The fourth-order valence-corrected chi connectivity index (χ4v) is 2.18. The first kappa shape index (κ1) is 14.8. The molecule has 23 heavy (non-hydrogen) atoms. The number of carbonyl (C=O) groups excluding carboxylic acids is 1. The van der Waals surface area contributed by atoms with Crippen LogP contribution in [-0.4, -0.2) is 30.1 Å². The number of carbonyl (C=O) groups is 1. The Bertz CT molecular complexity index is 865. The van der Waals surface area contributed by atoms with Gasteiger partial charge in [-0.15, -0.1) is 0 Å². The molecule has 0 bridgehead atoms. The summed E-state index contributed by atoms with van der Waals surface area (Å²) in [6.45, 7) is 0. The van der Waals surface area contributed by atoms with Crippen LogP contribution in [-0.2, 0) is 0 Å². The van der Waals surface area contributed by atoms with Crippen molar-refractivity contribution in [3.8, 4) is 11.5 Å². The summed E-state index contributed by atoms with van der Waals surface area (Å²) in [4.78, 5) is 20.9. The van der Waals surface area contributed by atoms with Gasteiger partial charge < -0.3 is 14.8 Å². The first-order chi connectivity index (χ1) is 11.2. The summed E-state index contributed by atoms with van der Waals surface area (Å²) in [5.41, 5.74) is 2.25. The lowest BCUT2D eigenvalue weighted by Crippen LogP contribution is -2.14. The number of hydrogen-bond acceptors (Lipinski definition) is 5. The molecule has 1 heterocycles. The van der Waals surface area contributed by atoms with E-state index in [-0.39, 0.29) is 11.6 Å². The Kier molecular flexibility index (Phi) is 4.05. The molecule has 6 nitrogen and oxygen atoms in total. The maximum atomic E-state index is 12.3. The third-order valence-electron chi connectivity index (χ3n) is 3.32. The first-order valence-electron chi connectivity index (χ1n) is 6.96. The van der Waals surface area contributed by atoms with E-state index in [9.17, 15) is 4.79 Å². The zero-order chi connectivity index (χ0) is 16.2. The molecule has 0 aliphatic rings. The highest BCUT2D eigenvalue weighted by Crippen LogP contribution is 2.29. The Morgan fingerprint density at radius 3 is 2.48 bits per heavy atom. The molecule has 0 unspecified atom stereocenters. The van der Waals surface area contributed by atoms with E-state index in [1.165, 1.54) is 13.3 Å². The summed E-state index contributed by atoms with van der Waals surface area (Å²) in [6.07, 6.45) is 1.46. The van der Waals surface area contributed by atoms with Crippen LogP contribution in [0, 0.1) is 0 Å². The smallest absolute Gasteiger partial charge is 0.275 e. The second-order valence-electron chi connectivity index (χ2n) is 4.77. The summed E-state index contributed by atoms with van der Waals surface area (Å²) >= 11 is 0. The summed E-state index contributed by atoms with van der Waals surface area (Å²) in [7, 11) is 3.10. The third-order valence-corrected chi connectivity index (χ3v) is 3.32.